The van der Waals surface area contributed by atoms with Crippen molar-refractivity contribution in [3.05, 3.63) is 10.4 Å². The predicted octanol–water partition coefficient (Wildman–Crippen LogP) is 2.17. The average Bonchev–Trinajstić information content (AvgIpc) is 2.19. The molecule has 0 aromatic carbocycles. The summed E-state index contributed by atoms with van der Waals surface area (Å²) < 4.78 is 0. The Labute approximate surface area is 84.9 Å². The first-order valence-electron chi connectivity index (χ1n) is 5.00. The van der Waals surface area contributed by atoms with Crippen molar-refractivity contribution in [1.82, 2.24) is 4.90 Å². The zero-order valence-electron chi connectivity index (χ0n) is 8.77. The Hall–Kier alpha value is -1.17. The highest BCUT2D eigenvalue weighted by Gasteiger charge is 2.23. The average molecular weight is 192 g/mol. The molecule has 4 heteroatoms. The standard InChI is InChI=1S/C10H16N4/c1-3-4-5-10-8-9(12-13-11)6-7-14(10)2/h9-10H,3,6-8H2,1-2H3. The van der Waals surface area contributed by atoms with Gasteiger partial charge in [-0.15, -0.1) is 5.92 Å². The van der Waals surface area contributed by atoms with E-state index in [0.717, 1.165) is 25.8 Å². The fourth-order valence-corrected chi connectivity index (χ4v) is 1.63. The van der Waals surface area contributed by atoms with E-state index in [4.69, 9.17) is 5.53 Å². The summed E-state index contributed by atoms with van der Waals surface area (Å²) in [5, 5.41) is 3.76. The van der Waals surface area contributed by atoms with E-state index in [9.17, 15) is 0 Å². The molecule has 1 rings (SSSR count). The molecule has 0 spiro atoms. The summed E-state index contributed by atoms with van der Waals surface area (Å²) in [6.07, 6.45) is 2.70. The Kier molecular flexibility index (Phi) is 4.31. The molecule has 1 fully saturated rings. The summed E-state index contributed by atoms with van der Waals surface area (Å²) in [6.45, 7) is 3.01. The van der Waals surface area contributed by atoms with Gasteiger partial charge in [0.05, 0.1) is 6.04 Å². The van der Waals surface area contributed by atoms with Gasteiger partial charge in [-0.2, -0.15) is 0 Å². The third kappa shape index (κ3) is 2.95. The van der Waals surface area contributed by atoms with Gasteiger partial charge in [0, 0.05) is 17.4 Å². The smallest absolute Gasteiger partial charge is 0.0716 e. The van der Waals surface area contributed by atoms with Crippen LogP contribution in [-0.2, 0) is 0 Å². The van der Waals surface area contributed by atoms with Gasteiger partial charge < -0.3 is 0 Å². The van der Waals surface area contributed by atoms with Crippen LogP contribution in [0, 0.1) is 11.8 Å². The predicted molar refractivity (Wildman–Crippen MR) is 56.7 cm³/mol. The van der Waals surface area contributed by atoms with E-state index in [-0.39, 0.29) is 12.1 Å². The van der Waals surface area contributed by atoms with Crippen molar-refractivity contribution in [2.75, 3.05) is 13.6 Å². The second-order valence-corrected chi connectivity index (χ2v) is 3.55. The van der Waals surface area contributed by atoms with E-state index in [0.29, 0.717) is 0 Å². The zero-order chi connectivity index (χ0) is 10.4. The Bertz CT molecular complexity index is 282. The van der Waals surface area contributed by atoms with E-state index in [1.807, 2.05) is 6.92 Å². The fraction of sp³-hybridized carbons (Fsp3) is 0.800. The molecule has 1 aliphatic rings. The van der Waals surface area contributed by atoms with Crippen LogP contribution in [0.2, 0.25) is 0 Å². The molecule has 0 aromatic heterocycles. The Morgan fingerprint density at radius 3 is 3.07 bits per heavy atom. The van der Waals surface area contributed by atoms with E-state index < -0.39 is 0 Å². The Morgan fingerprint density at radius 2 is 2.43 bits per heavy atom. The maximum absolute atomic E-state index is 8.36. The first-order chi connectivity index (χ1) is 6.77. The molecule has 1 aliphatic heterocycles. The van der Waals surface area contributed by atoms with Gasteiger partial charge >= 0.3 is 0 Å². The molecule has 0 radical (unpaired) electrons. The van der Waals surface area contributed by atoms with Gasteiger partial charge in [-0.25, -0.2) is 0 Å². The van der Waals surface area contributed by atoms with Crippen LogP contribution in [-0.4, -0.2) is 30.6 Å². The highest BCUT2D eigenvalue weighted by Crippen LogP contribution is 2.18. The number of likely N-dealkylation sites (tertiary alicyclic amines) is 1. The molecule has 1 saturated heterocycles. The quantitative estimate of drug-likeness (QED) is 0.272. The van der Waals surface area contributed by atoms with Crippen molar-refractivity contribution < 1.29 is 0 Å². The SMILES string of the molecule is CCC#CC1CC(N=[N+]=[N-])CCN1C. The van der Waals surface area contributed by atoms with Gasteiger partial charge in [0.2, 0.25) is 0 Å². The molecule has 0 aliphatic carbocycles. The Balaban J connectivity index is 2.59. The molecule has 14 heavy (non-hydrogen) atoms. The van der Waals surface area contributed by atoms with Crippen molar-refractivity contribution >= 4 is 0 Å². The van der Waals surface area contributed by atoms with Crippen molar-refractivity contribution in [1.29, 1.82) is 0 Å². The molecular weight excluding hydrogens is 176 g/mol. The van der Waals surface area contributed by atoms with Crippen molar-refractivity contribution in [3.8, 4) is 11.8 Å². The van der Waals surface area contributed by atoms with Crippen LogP contribution < -0.4 is 0 Å². The minimum atomic E-state index is 0.132. The second-order valence-electron chi connectivity index (χ2n) is 3.55. The van der Waals surface area contributed by atoms with Crippen LogP contribution in [0.15, 0.2) is 5.11 Å². The van der Waals surface area contributed by atoms with E-state index in [1.54, 1.807) is 0 Å². The van der Waals surface area contributed by atoms with Crippen LogP contribution in [0.25, 0.3) is 10.4 Å². The van der Waals surface area contributed by atoms with Crippen molar-refractivity contribution in [3.63, 3.8) is 0 Å². The second kappa shape index (κ2) is 5.54. The number of hydrogen-bond donors (Lipinski definition) is 0. The molecule has 1 heterocycles. The molecule has 76 valence electrons. The normalized spacial score (nSPS) is 27.3. The first-order valence-corrected chi connectivity index (χ1v) is 5.00. The van der Waals surface area contributed by atoms with Crippen LogP contribution in [0.3, 0.4) is 0 Å². The number of hydrogen-bond acceptors (Lipinski definition) is 2. The summed E-state index contributed by atoms with van der Waals surface area (Å²) in [7, 11) is 2.07. The lowest BCUT2D eigenvalue weighted by molar-refractivity contribution is 0.211. The summed E-state index contributed by atoms with van der Waals surface area (Å²) in [4.78, 5) is 5.09. The third-order valence-corrected chi connectivity index (χ3v) is 2.50. The van der Waals surface area contributed by atoms with Crippen molar-refractivity contribution in [2.45, 2.75) is 38.3 Å². The van der Waals surface area contributed by atoms with Gasteiger partial charge in [-0.1, -0.05) is 18.0 Å². The van der Waals surface area contributed by atoms with Gasteiger partial charge in [0.15, 0.2) is 0 Å². The number of nitrogens with zero attached hydrogens (tertiary/aromatic N) is 4. The molecule has 0 aromatic rings. The number of piperidine rings is 1. The summed E-state index contributed by atoms with van der Waals surface area (Å²) >= 11 is 0. The topological polar surface area (TPSA) is 52.0 Å². The van der Waals surface area contributed by atoms with Crippen LogP contribution >= 0.6 is 0 Å². The van der Waals surface area contributed by atoms with E-state index in [2.05, 4.69) is 33.8 Å². The van der Waals surface area contributed by atoms with Crippen LogP contribution in [0.1, 0.15) is 26.2 Å². The molecule has 2 unspecified atom stereocenters. The van der Waals surface area contributed by atoms with Gasteiger partial charge in [-0.3, -0.25) is 4.90 Å². The monoisotopic (exact) mass is 192 g/mol. The molecule has 0 saturated carbocycles. The largest absolute Gasteiger partial charge is 0.293 e. The lowest BCUT2D eigenvalue weighted by Crippen LogP contribution is -2.40. The molecule has 0 bridgehead atoms. The summed E-state index contributed by atoms with van der Waals surface area (Å²) in [6, 6.07) is 0.395. The lowest BCUT2D eigenvalue weighted by atomic mass is 9.99. The van der Waals surface area contributed by atoms with Gasteiger partial charge in [0.25, 0.3) is 0 Å². The van der Waals surface area contributed by atoms with E-state index in [1.165, 1.54) is 0 Å². The van der Waals surface area contributed by atoms with Crippen LogP contribution in [0.4, 0.5) is 0 Å². The third-order valence-electron chi connectivity index (χ3n) is 2.50. The Morgan fingerprint density at radius 1 is 1.64 bits per heavy atom. The summed E-state index contributed by atoms with van der Waals surface area (Å²) in [5.41, 5.74) is 8.36. The lowest BCUT2D eigenvalue weighted by Gasteiger charge is -2.32. The maximum atomic E-state index is 8.36. The first kappa shape index (κ1) is 10.9. The highest BCUT2D eigenvalue weighted by atomic mass is 15.2. The minimum absolute atomic E-state index is 0.132. The number of azide groups is 1. The minimum Gasteiger partial charge on any atom is -0.293 e. The van der Waals surface area contributed by atoms with Crippen molar-refractivity contribution in [2.24, 2.45) is 5.11 Å². The molecule has 0 amide bonds. The highest BCUT2D eigenvalue weighted by molar-refractivity contribution is 5.09. The fourth-order valence-electron chi connectivity index (χ4n) is 1.63. The molecule has 0 N–H and O–H groups in total. The summed E-state index contributed by atoms with van der Waals surface area (Å²) in [5.74, 6) is 6.29. The molecule has 4 nitrogen and oxygen atoms in total. The zero-order valence-corrected chi connectivity index (χ0v) is 8.77. The molecular formula is C10H16N4. The maximum Gasteiger partial charge on any atom is 0.0716 e. The van der Waals surface area contributed by atoms with Gasteiger partial charge in [0.1, 0.15) is 0 Å². The van der Waals surface area contributed by atoms with Crippen LogP contribution in [0.5, 0.6) is 0 Å². The molecule has 2 atom stereocenters. The van der Waals surface area contributed by atoms with E-state index >= 15 is 0 Å². The van der Waals surface area contributed by atoms with Gasteiger partial charge in [-0.05, 0) is 32.0 Å². The number of rotatable bonds is 1.